The lowest BCUT2D eigenvalue weighted by Crippen LogP contribution is -2.23. The molecule has 1 N–H and O–H groups in total. The van der Waals surface area contributed by atoms with Crippen LogP contribution in [0.15, 0.2) is 10.3 Å². The summed E-state index contributed by atoms with van der Waals surface area (Å²) in [6, 6.07) is 0. The number of hydrogen-bond donors (Lipinski definition) is 1. The maximum atomic E-state index is 8.74. The van der Waals surface area contributed by atoms with Crippen molar-refractivity contribution in [2.45, 2.75) is 6.23 Å². The zero-order valence-electron chi connectivity index (χ0n) is 4.07. The van der Waals surface area contributed by atoms with E-state index in [2.05, 4.69) is 10.3 Å². The summed E-state index contributed by atoms with van der Waals surface area (Å²) in [5.41, 5.74) is 0. The van der Waals surface area contributed by atoms with Gasteiger partial charge in [0.2, 0.25) is 0 Å². The molecule has 0 saturated heterocycles. The van der Waals surface area contributed by atoms with Gasteiger partial charge in [0.15, 0.2) is 6.23 Å². The van der Waals surface area contributed by atoms with Crippen LogP contribution in [0.5, 0.6) is 0 Å². The van der Waals surface area contributed by atoms with Crippen LogP contribution in [0, 0.1) is 0 Å². The molecule has 1 aliphatic rings. The molecule has 0 spiro atoms. The van der Waals surface area contributed by atoms with Crippen molar-refractivity contribution in [3.05, 3.63) is 0 Å². The van der Waals surface area contributed by atoms with Crippen molar-refractivity contribution < 1.29 is 5.11 Å². The van der Waals surface area contributed by atoms with E-state index in [1.807, 2.05) is 0 Å². The Morgan fingerprint density at radius 3 is 2.71 bits per heavy atom. The van der Waals surface area contributed by atoms with Crippen LogP contribution < -0.4 is 0 Å². The van der Waals surface area contributed by atoms with Gasteiger partial charge in [0.1, 0.15) is 6.54 Å². The molecular weight excluding hydrogens is 94.1 g/mol. The van der Waals surface area contributed by atoms with Crippen LogP contribution in [0.25, 0.3) is 0 Å². The molecule has 1 rings (SSSR count). The number of aliphatic hydroxyl groups excluding tert-OH is 1. The van der Waals surface area contributed by atoms with Crippen LogP contribution in [0.3, 0.4) is 0 Å². The average molecular weight is 101 g/mol. The van der Waals surface area contributed by atoms with Gasteiger partial charge in [-0.25, -0.2) is 0 Å². The lowest BCUT2D eigenvalue weighted by molar-refractivity contribution is 0.0543. The highest BCUT2D eigenvalue weighted by atomic mass is 16.3. The fourth-order valence-corrected chi connectivity index (χ4v) is 0.387. The first-order valence-electron chi connectivity index (χ1n) is 2.09. The molecule has 4 heteroatoms. The molecular formula is C3H7N3O. The zero-order valence-corrected chi connectivity index (χ0v) is 4.07. The second-order valence-corrected chi connectivity index (χ2v) is 1.47. The van der Waals surface area contributed by atoms with E-state index in [9.17, 15) is 0 Å². The van der Waals surface area contributed by atoms with Crippen molar-refractivity contribution in [1.82, 2.24) is 5.01 Å². The highest BCUT2D eigenvalue weighted by molar-refractivity contribution is 4.57. The molecule has 4 nitrogen and oxygen atoms in total. The van der Waals surface area contributed by atoms with E-state index in [0.717, 1.165) is 0 Å². The molecule has 0 aromatic rings. The first kappa shape index (κ1) is 4.52. The second-order valence-electron chi connectivity index (χ2n) is 1.47. The molecule has 1 aliphatic heterocycles. The van der Waals surface area contributed by atoms with Crippen molar-refractivity contribution >= 4 is 0 Å². The number of hydrogen-bond acceptors (Lipinski definition) is 4. The standard InChI is InChI=1S/C3H7N3O/c1-6-3(7)2-4-5-6/h3,7H,2H2,1H3. The van der Waals surface area contributed by atoms with Gasteiger partial charge in [-0.05, 0) is 0 Å². The van der Waals surface area contributed by atoms with Crippen molar-refractivity contribution in [2.75, 3.05) is 13.6 Å². The van der Waals surface area contributed by atoms with Crippen LogP contribution >= 0.6 is 0 Å². The maximum absolute atomic E-state index is 8.74. The largest absolute Gasteiger partial charge is 0.370 e. The monoisotopic (exact) mass is 101 g/mol. The summed E-state index contributed by atoms with van der Waals surface area (Å²) < 4.78 is 0. The molecule has 7 heavy (non-hydrogen) atoms. The van der Waals surface area contributed by atoms with E-state index in [4.69, 9.17) is 5.11 Å². The van der Waals surface area contributed by atoms with Crippen LogP contribution in [-0.2, 0) is 0 Å². The minimum Gasteiger partial charge on any atom is -0.370 e. The Balaban J connectivity index is 2.45. The number of aliphatic hydroxyl groups is 1. The Morgan fingerprint density at radius 1 is 1.86 bits per heavy atom. The summed E-state index contributed by atoms with van der Waals surface area (Å²) in [7, 11) is 1.68. The van der Waals surface area contributed by atoms with Crippen molar-refractivity contribution in [2.24, 2.45) is 10.3 Å². The number of nitrogens with zero attached hydrogens (tertiary/aromatic N) is 3. The van der Waals surface area contributed by atoms with Crippen LogP contribution in [0.4, 0.5) is 0 Å². The van der Waals surface area contributed by atoms with Gasteiger partial charge in [0.05, 0.1) is 0 Å². The Hall–Kier alpha value is -0.640. The molecule has 1 unspecified atom stereocenters. The average Bonchev–Trinajstić information content (AvgIpc) is 1.91. The minimum atomic E-state index is -0.486. The SMILES string of the molecule is CN1N=NCC1O. The Bertz CT molecular complexity index is 92.2. The molecule has 1 atom stereocenters. The van der Waals surface area contributed by atoms with Crippen LogP contribution in [-0.4, -0.2) is 29.9 Å². The van der Waals surface area contributed by atoms with E-state index in [1.165, 1.54) is 5.01 Å². The van der Waals surface area contributed by atoms with Crippen LogP contribution in [0.1, 0.15) is 0 Å². The van der Waals surface area contributed by atoms with Crippen molar-refractivity contribution in [3.8, 4) is 0 Å². The summed E-state index contributed by atoms with van der Waals surface area (Å²) in [5.74, 6) is 0. The molecule has 0 amide bonds. The molecule has 1 heterocycles. The summed E-state index contributed by atoms with van der Waals surface area (Å²) in [6.45, 7) is 0.413. The first-order chi connectivity index (χ1) is 3.30. The summed E-state index contributed by atoms with van der Waals surface area (Å²) >= 11 is 0. The fourth-order valence-electron chi connectivity index (χ4n) is 0.387. The second kappa shape index (κ2) is 1.46. The number of rotatable bonds is 0. The van der Waals surface area contributed by atoms with Crippen LogP contribution in [0.2, 0.25) is 0 Å². The highest BCUT2D eigenvalue weighted by Gasteiger charge is 2.12. The van der Waals surface area contributed by atoms with E-state index in [-0.39, 0.29) is 0 Å². The molecule has 0 fully saturated rings. The topological polar surface area (TPSA) is 48.2 Å². The normalized spacial score (nSPS) is 29.4. The zero-order chi connectivity index (χ0) is 5.28. The van der Waals surface area contributed by atoms with Crippen molar-refractivity contribution in [3.63, 3.8) is 0 Å². The van der Waals surface area contributed by atoms with E-state index in [1.54, 1.807) is 7.05 Å². The number of likely N-dealkylation sites (N-methyl/N-ethyl adjacent to an activating group) is 1. The molecule has 0 radical (unpaired) electrons. The van der Waals surface area contributed by atoms with E-state index >= 15 is 0 Å². The quantitative estimate of drug-likeness (QED) is 0.452. The van der Waals surface area contributed by atoms with Gasteiger partial charge in [0, 0.05) is 7.05 Å². The van der Waals surface area contributed by atoms with Gasteiger partial charge >= 0.3 is 0 Å². The Kier molecular flexibility index (Phi) is 0.941. The summed E-state index contributed by atoms with van der Waals surface area (Å²) in [6.07, 6.45) is -0.486. The lowest BCUT2D eigenvalue weighted by Gasteiger charge is -2.07. The molecule has 0 aliphatic carbocycles. The highest BCUT2D eigenvalue weighted by Crippen LogP contribution is 2.01. The smallest absolute Gasteiger partial charge is 0.165 e. The van der Waals surface area contributed by atoms with Gasteiger partial charge in [0.25, 0.3) is 0 Å². The summed E-state index contributed by atoms with van der Waals surface area (Å²) in [5, 5.41) is 17.2. The third-order valence-corrected chi connectivity index (χ3v) is 0.881. The third-order valence-electron chi connectivity index (χ3n) is 0.881. The Morgan fingerprint density at radius 2 is 2.57 bits per heavy atom. The maximum Gasteiger partial charge on any atom is 0.165 e. The Labute approximate surface area is 41.4 Å². The van der Waals surface area contributed by atoms with E-state index in [0.29, 0.717) is 6.54 Å². The molecule has 40 valence electrons. The molecule has 0 saturated carbocycles. The molecule has 0 aromatic carbocycles. The predicted octanol–water partition coefficient (Wildman–Crippen LogP) is -0.383. The third kappa shape index (κ3) is 0.691. The minimum absolute atomic E-state index is 0.413. The predicted molar refractivity (Wildman–Crippen MR) is 23.5 cm³/mol. The van der Waals surface area contributed by atoms with Gasteiger partial charge in [-0.3, -0.25) is 5.01 Å². The van der Waals surface area contributed by atoms with Gasteiger partial charge in [-0.2, -0.15) is 5.11 Å². The van der Waals surface area contributed by atoms with Gasteiger partial charge in [-0.1, -0.05) is 5.22 Å². The summed E-state index contributed by atoms with van der Waals surface area (Å²) in [4.78, 5) is 0. The molecule has 0 bridgehead atoms. The lowest BCUT2D eigenvalue weighted by atomic mass is 10.6. The fraction of sp³-hybridized carbons (Fsp3) is 1.00. The van der Waals surface area contributed by atoms with E-state index < -0.39 is 6.23 Å². The van der Waals surface area contributed by atoms with Crippen molar-refractivity contribution in [1.29, 1.82) is 0 Å². The first-order valence-corrected chi connectivity index (χ1v) is 2.09. The van der Waals surface area contributed by atoms with Gasteiger partial charge < -0.3 is 5.11 Å². The molecule has 0 aromatic heterocycles. The van der Waals surface area contributed by atoms with Gasteiger partial charge in [-0.15, -0.1) is 0 Å².